The summed E-state index contributed by atoms with van der Waals surface area (Å²) in [6, 6.07) is 14.2. The van der Waals surface area contributed by atoms with Crippen molar-refractivity contribution in [2.75, 3.05) is 13.1 Å². The molecule has 0 unspecified atom stereocenters. The molecule has 1 amide bonds. The molecule has 0 aliphatic heterocycles. The van der Waals surface area contributed by atoms with Crippen molar-refractivity contribution in [3.63, 3.8) is 0 Å². The molecule has 3 aromatic carbocycles. The van der Waals surface area contributed by atoms with Crippen LogP contribution in [0.25, 0.3) is 22.0 Å². The molecule has 0 aliphatic rings. The van der Waals surface area contributed by atoms with E-state index in [1.165, 1.54) is 11.0 Å². The molecule has 4 aromatic rings. The minimum atomic E-state index is -0.985. The lowest BCUT2D eigenvalue weighted by molar-refractivity contribution is 0.157. The summed E-state index contributed by atoms with van der Waals surface area (Å²) in [5, 5.41) is 1.87. The summed E-state index contributed by atoms with van der Waals surface area (Å²) in [7, 11) is 0. The fourth-order valence-corrected chi connectivity index (χ4v) is 4.29. The van der Waals surface area contributed by atoms with Crippen LogP contribution in [0.3, 0.4) is 0 Å². The first kappa shape index (κ1) is 24.0. The second-order valence-corrected chi connectivity index (χ2v) is 8.56. The van der Waals surface area contributed by atoms with Crippen molar-refractivity contribution in [2.45, 2.75) is 20.4 Å². The van der Waals surface area contributed by atoms with Crippen molar-refractivity contribution in [1.82, 2.24) is 9.47 Å². The molecule has 176 valence electrons. The van der Waals surface area contributed by atoms with E-state index in [-0.39, 0.29) is 5.75 Å². The van der Waals surface area contributed by atoms with Gasteiger partial charge in [0.05, 0.1) is 0 Å². The number of rotatable bonds is 6. The fourth-order valence-electron chi connectivity index (χ4n) is 3.91. The third-order valence-electron chi connectivity index (χ3n) is 5.69. The van der Waals surface area contributed by atoms with Crippen LogP contribution < -0.4 is 4.74 Å². The van der Waals surface area contributed by atoms with E-state index in [0.717, 1.165) is 23.2 Å². The van der Waals surface area contributed by atoms with E-state index in [1.807, 2.05) is 36.7 Å². The van der Waals surface area contributed by atoms with Crippen LogP contribution in [-0.4, -0.2) is 28.6 Å². The van der Waals surface area contributed by atoms with Crippen molar-refractivity contribution in [1.29, 1.82) is 0 Å². The lowest BCUT2D eigenvalue weighted by Gasteiger charge is -2.20. The highest BCUT2D eigenvalue weighted by atomic mass is 35.5. The van der Waals surface area contributed by atoms with Crippen LogP contribution in [0.2, 0.25) is 10.0 Å². The number of aromatic nitrogens is 1. The second-order valence-electron chi connectivity index (χ2n) is 7.72. The molecule has 0 fully saturated rings. The zero-order valence-corrected chi connectivity index (χ0v) is 20.1. The molecule has 0 saturated carbocycles. The predicted molar refractivity (Wildman–Crippen MR) is 132 cm³/mol. The van der Waals surface area contributed by atoms with Gasteiger partial charge >= 0.3 is 6.09 Å². The maximum atomic E-state index is 14.1. The topological polar surface area (TPSA) is 34.5 Å². The summed E-state index contributed by atoms with van der Waals surface area (Å²) in [4.78, 5) is 14.2. The van der Waals surface area contributed by atoms with Crippen LogP contribution in [0.4, 0.5) is 13.6 Å². The molecular formula is C26H22Cl2F2N2O2. The number of halogens is 4. The Morgan fingerprint density at radius 2 is 1.74 bits per heavy atom. The van der Waals surface area contributed by atoms with Gasteiger partial charge in [0.15, 0.2) is 11.6 Å². The third-order valence-corrected chi connectivity index (χ3v) is 6.29. The number of nitrogens with zero attached hydrogens (tertiary/aromatic N) is 2. The largest absolute Gasteiger partial charge is 0.415 e. The highest BCUT2D eigenvalue weighted by Gasteiger charge is 2.20. The Kier molecular flexibility index (Phi) is 7.10. The van der Waals surface area contributed by atoms with E-state index in [4.69, 9.17) is 27.9 Å². The fraction of sp³-hybridized carbons (Fsp3) is 0.192. The highest BCUT2D eigenvalue weighted by molar-refractivity contribution is 6.33. The van der Waals surface area contributed by atoms with Crippen molar-refractivity contribution in [3.05, 3.63) is 88.0 Å². The van der Waals surface area contributed by atoms with Gasteiger partial charge in [-0.25, -0.2) is 13.6 Å². The number of hydrogen-bond acceptors (Lipinski definition) is 2. The Balaban J connectivity index is 1.85. The molecule has 1 aromatic heterocycles. The van der Waals surface area contributed by atoms with Gasteiger partial charge < -0.3 is 14.2 Å². The minimum Gasteiger partial charge on any atom is -0.410 e. The van der Waals surface area contributed by atoms with Gasteiger partial charge in [-0.3, -0.25) is 0 Å². The van der Waals surface area contributed by atoms with Gasteiger partial charge in [-0.05, 0) is 73.5 Å². The van der Waals surface area contributed by atoms with E-state index in [1.54, 1.807) is 24.3 Å². The number of ether oxygens (including phenoxy) is 1. The van der Waals surface area contributed by atoms with Crippen LogP contribution in [0.5, 0.6) is 5.75 Å². The number of carbonyl (C=O) groups is 1. The zero-order chi connectivity index (χ0) is 24.4. The number of carbonyl (C=O) groups excluding carboxylic acids is 1. The quantitative estimate of drug-likeness (QED) is 0.269. The maximum Gasteiger partial charge on any atom is 0.415 e. The van der Waals surface area contributed by atoms with Gasteiger partial charge in [-0.15, -0.1) is 0 Å². The molecule has 34 heavy (non-hydrogen) atoms. The Hall–Kier alpha value is -3.09. The molecule has 8 heteroatoms. The van der Waals surface area contributed by atoms with E-state index in [0.29, 0.717) is 46.2 Å². The normalized spacial score (nSPS) is 11.1. The highest BCUT2D eigenvalue weighted by Crippen LogP contribution is 2.39. The van der Waals surface area contributed by atoms with Crippen molar-refractivity contribution in [3.8, 4) is 16.9 Å². The van der Waals surface area contributed by atoms with Crippen LogP contribution >= 0.6 is 23.2 Å². The van der Waals surface area contributed by atoms with Crippen LogP contribution in [-0.2, 0) is 6.54 Å². The molecule has 1 heterocycles. The first-order chi connectivity index (χ1) is 16.3. The lowest BCUT2D eigenvalue weighted by atomic mass is 10.00. The number of amides is 1. The van der Waals surface area contributed by atoms with E-state index in [2.05, 4.69) is 0 Å². The predicted octanol–water partition coefficient (Wildman–Crippen LogP) is 7.78. The minimum absolute atomic E-state index is 0.258. The summed E-state index contributed by atoms with van der Waals surface area (Å²) in [6.07, 6.45) is 1.35. The summed E-state index contributed by atoms with van der Waals surface area (Å²) < 4.78 is 35.5. The smallest absolute Gasteiger partial charge is 0.410 e. The average Bonchev–Trinajstić information content (AvgIpc) is 3.21. The number of benzene rings is 3. The molecule has 0 spiro atoms. The zero-order valence-electron chi connectivity index (χ0n) is 18.6. The summed E-state index contributed by atoms with van der Waals surface area (Å²) in [5.74, 6) is -1.68. The molecule has 0 radical (unpaired) electrons. The monoisotopic (exact) mass is 502 g/mol. The molecule has 0 N–H and O–H groups in total. The van der Waals surface area contributed by atoms with Crippen molar-refractivity contribution in [2.24, 2.45) is 0 Å². The molecule has 4 nitrogen and oxygen atoms in total. The Labute approximate surface area is 206 Å². The van der Waals surface area contributed by atoms with E-state index < -0.39 is 17.7 Å². The average molecular weight is 503 g/mol. The Morgan fingerprint density at radius 3 is 2.44 bits per heavy atom. The molecular weight excluding hydrogens is 481 g/mol. The van der Waals surface area contributed by atoms with Gasteiger partial charge in [0.2, 0.25) is 0 Å². The standard InChI is InChI=1S/C26H22Cl2F2N2O2/c1-3-31(4-2)26(33)34-24-10-9-23-19(25(24)16-5-8-21(29)22(30)14-16)11-12-32(23)15-17-13-18(27)6-7-20(17)28/h5-14H,3-4,15H2,1-2H3. The van der Waals surface area contributed by atoms with E-state index in [9.17, 15) is 13.6 Å². The lowest BCUT2D eigenvalue weighted by Crippen LogP contribution is -2.33. The van der Waals surface area contributed by atoms with Crippen molar-refractivity contribution >= 4 is 40.2 Å². The van der Waals surface area contributed by atoms with Gasteiger partial charge in [0, 0.05) is 52.3 Å². The SMILES string of the molecule is CCN(CC)C(=O)Oc1ccc2c(ccn2Cc2cc(Cl)ccc2Cl)c1-c1ccc(F)c(F)c1. The van der Waals surface area contributed by atoms with Gasteiger partial charge in [0.1, 0.15) is 5.75 Å². The summed E-state index contributed by atoms with van der Waals surface area (Å²) >= 11 is 12.5. The Morgan fingerprint density at radius 1 is 0.971 bits per heavy atom. The van der Waals surface area contributed by atoms with Gasteiger partial charge in [-0.1, -0.05) is 29.3 Å². The molecule has 0 saturated heterocycles. The molecule has 0 atom stereocenters. The van der Waals surface area contributed by atoms with Gasteiger partial charge in [-0.2, -0.15) is 0 Å². The molecule has 4 rings (SSSR count). The number of fused-ring (bicyclic) bond motifs is 1. The maximum absolute atomic E-state index is 14.1. The molecule has 0 bridgehead atoms. The molecule has 0 aliphatic carbocycles. The third kappa shape index (κ3) is 4.74. The van der Waals surface area contributed by atoms with E-state index >= 15 is 0 Å². The summed E-state index contributed by atoms with van der Waals surface area (Å²) in [6.45, 7) is 5.11. The van der Waals surface area contributed by atoms with Crippen LogP contribution in [0, 0.1) is 11.6 Å². The summed E-state index contributed by atoms with van der Waals surface area (Å²) in [5.41, 5.74) is 2.52. The first-order valence-corrected chi connectivity index (χ1v) is 11.6. The second kappa shape index (κ2) is 10.0. The number of hydrogen-bond donors (Lipinski definition) is 0. The van der Waals surface area contributed by atoms with Gasteiger partial charge in [0.25, 0.3) is 0 Å². The van der Waals surface area contributed by atoms with Crippen LogP contribution in [0.1, 0.15) is 19.4 Å². The first-order valence-electron chi connectivity index (χ1n) is 10.8. The Bertz CT molecular complexity index is 1370. The van der Waals surface area contributed by atoms with Crippen LogP contribution in [0.15, 0.2) is 60.8 Å². The van der Waals surface area contributed by atoms with Crippen molar-refractivity contribution < 1.29 is 18.3 Å².